The summed E-state index contributed by atoms with van der Waals surface area (Å²) in [7, 11) is 5.03. The number of anilines is 1. The maximum absolute atomic E-state index is 15.9. The summed E-state index contributed by atoms with van der Waals surface area (Å²) in [6.45, 7) is 13.4. The molecule has 0 bridgehead atoms. The number of nitrogens with zero attached hydrogens (tertiary/aromatic N) is 7. The van der Waals surface area contributed by atoms with Gasteiger partial charge in [-0.3, -0.25) is 38.4 Å². The number of likely N-dealkylation sites (N-methyl/N-ethyl adjacent to an activating group) is 2. The van der Waals surface area contributed by atoms with Crippen molar-refractivity contribution in [3.8, 4) is 0 Å². The zero-order valence-electron chi connectivity index (χ0n) is 38.8. The highest BCUT2D eigenvalue weighted by molar-refractivity contribution is 7.97. The Balaban J connectivity index is 0.00000380. The van der Waals surface area contributed by atoms with Gasteiger partial charge in [0.1, 0.15) is 30.3 Å². The first kappa shape index (κ1) is 50.7. The molecule has 3 saturated heterocycles. The molecule has 1 aromatic carbocycles. The first-order chi connectivity index (χ1) is 30.9. The van der Waals surface area contributed by atoms with Crippen molar-refractivity contribution in [2.45, 2.75) is 127 Å². The number of rotatable bonds is 17. The number of imide groups is 1. The summed E-state index contributed by atoms with van der Waals surface area (Å²) in [5.74, 6) is -0.377. The smallest absolute Gasteiger partial charge is 0.261 e. The lowest BCUT2D eigenvalue weighted by molar-refractivity contribution is -0.131. The van der Waals surface area contributed by atoms with E-state index in [1.165, 1.54) is 39.1 Å². The Morgan fingerprint density at radius 3 is 2.41 bits per heavy atom. The molecule has 5 atom stereocenters. The van der Waals surface area contributed by atoms with E-state index in [0.717, 1.165) is 120 Å². The van der Waals surface area contributed by atoms with Gasteiger partial charge in [0.05, 0.1) is 11.7 Å². The molecular formula is C48H72FN9O5S. The van der Waals surface area contributed by atoms with Crippen LogP contribution in [0, 0.1) is 24.1 Å². The first-order valence-electron chi connectivity index (χ1n) is 23.2. The molecule has 352 valence electrons. The van der Waals surface area contributed by atoms with Crippen molar-refractivity contribution in [3.63, 3.8) is 0 Å². The molecule has 1 spiro atoms. The Morgan fingerprint density at radius 1 is 1.05 bits per heavy atom. The second kappa shape index (κ2) is 24.3. The van der Waals surface area contributed by atoms with E-state index in [4.69, 9.17) is 4.99 Å². The molecule has 6 rings (SSSR count). The molecule has 1 aromatic rings. The second-order valence-corrected chi connectivity index (χ2v) is 19.6. The summed E-state index contributed by atoms with van der Waals surface area (Å²) in [6, 6.07) is 2.85. The molecule has 3 heterocycles. The number of hydrogen-bond donors (Lipinski definition) is 2. The molecule has 0 aromatic heterocycles. The van der Waals surface area contributed by atoms with Gasteiger partial charge >= 0.3 is 0 Å². The summed E-state index contributed by atoms with van der Waals surface area (Å²) in [5.41, 5.74) is 6.45. The fourth-order valence-electron chi connectivity index (χ4n) is 10.8. The highest BCUT2D eigenvalue weighted by Crippen LogP contribution is 2.49. The van der Waals surface area contributed by atoms with Gasteiger partial charge in [-0.15, -0.1) is 0 Å². The lowest BCUT2D eigenvalue weighted by atomic mass is 9.85. The van der Waals surface area contributed by atoms with Gasteiger partial charge in [-0.2, -0.15) is 0 Å². The quantitative estimate of drug-likeness (QED) is 0.0501. The van der Waals surface area contributed by atoms with E-state index in [1.54, 1.807) is 25.3 Å². The van der Waals surface area contributed by atoms with Gasteiger partial charge in [0.15, 0.2) is 0 Å². The lowest BCUT2D eigenvalue weighted by Gasteiger charge is -2.39. The third-order valence-corrected chi connectivity index (χ3v) is 15.7. The number of aliphatic imine (C=N–C) groups is 2. The van der Waals surface area contributed by atoms with E-state index in [0.29, 0.717) is 40.8 Å². The molecule has 5 fully saturated rings. The minimum atomic E-state index is -1.17. The predicted octanol–water partition coefficient (Wildman–Crippen LogP) is 5.59. The van der Waals surface area contributed by atoms with Crippen molar-refractivity contribution in [2.75, 3.05) is 65.3 Å². The molecule has 5 aliphatic rings. The van der Waals surface area contributed by atoms with E-state index in [9.17, 15) is 24.0 Å². The van der Waals surface area contributed by atoms with Gasteiger partial charge in [-0.1, -0.05) is 25.3 Å². The van der Waals surface area contributed by atoms with Gasteiger partial charge in [0, 0.05) is 81.4 Å². The second-order valence-electron chi connectivity index (χ2n) is 18.2. The Morgan fingerprint density at radius 2 is 1.78 bits per heavy atom. The molecule has 16 heteroatoms. The minimum absolute atomic E-state index is 0.00723. The van der Waals surface area contributed by atoms with Crippen molar-refractivity contribution in [2.24, 2.45) is 27.1 Å². The summed E-state index contributed by atoms with van der Waals surface area (Å²) in [4.78, 5) is 77.6. The molecule has 0 radical (unpaired) electrons. The van der Waals surface area contributed by atoms with Crippen LogP contribution in [0.25, 0.3) is 0 Å². The van der Waals surface area contributed by atoms with Crippen LogP contribution in [0.1, 0.15) is 106 Å². The van der Waals surface area contributed by atoms with E-state index >= 15 is 4.39 Å². The number of aryl methyl sites for hydroxylation is 1. The summed E-state index contributed by atoms with van der Waals surface area (Å²) in [6.07, 6.45) is 18.9. The van der Waals surface area contributed by atoms with Crippen molar-refractivity contribution < 1.29 is 28.4 Å². The Kier molecular flexibility index (Phi) is 19.3. The number of likely N-dealkylation sites (tertiary alicyclic amines) is 1. The summed E-state index contributed by atoms with van der Waals surface area (Å²) >= 11 is 2.04. The number of allylic oxidation sites excluding steroid dienone is 1. The van der Waals surface area contributed by atoms with E-state index < -0.39 is 23.7 Å². The van der Waals surface area contributed by atoms with E-state index in [-0.39, 0.29) is 36.3 Å². The largest absolute Gasteiger partial charge is 0.369 e. The molecule has 64 heavy (non-hydrogen) atoms. The fourth-order valence-corrected chi connectivity index (χ4v) is 12.0. The number of halogens is 1. The molecule has 2 aliphatic carbocycles. The molecule has 3 N–H and O–H groups in total. The summed E-state index contributed by atoms with van der Waals surface area (Å²) in [5, 5.41) is 3.04. The third kappa shape index (κ3) is 12.3. The summed E-state index contributed by atoms with van der Waals surface area (Å²) < 4.78 is 18.4. The highest BCUT2D eigenvalue weighted by Gasteiger charge is 2.46. The van der Waals surface area contributed by atoms with Crippen LogP contribution in [0.3, 0.4) is 0 Å². The monoisotopic (exact) mass is 906 g/mol. The fraction of sp³-hybridized carbons (Fsp3) is 0.646. The van der Waals surface area contributed by atoms with Crippen LogP contribution in [0.2, 0.25) is 0 Å². The van der Waals surface area contributed by atoms with Gasteiger partial charge in [0.25, 0.3) is 5.91 Å². The number of aldehydes is 2. The van der Waals surface area contributed by atoms with E-state index in [2.05, 4.69) is 55.7 Å². The Labute approximate surface area is 384 Å². The maximum Gasteiger partial charge on any atom is 0.261 e. The molecule has 5 unspecified atom stereocenters. The Hall–Kier alpha value is -4.25. The number of hydrogen-bond acceptors (Lipinski definition) is 12. The van der Waals surface area contributed by atoms with Crippen LogP contribution in [0.15, 0.2) is 46.0 Å². The SMILES string of the molecule is C=N/C=C(/C=C\C=O)C(=NC1CCN(SC2CCN(C3CCC4(CCN(c5cc(C)c(C(=O)N(C=O)C(CCC=O)C(=O)NC)cc5F)C4)C3)CC2)CC1)N(C)C1CCCC1C.CN. The first-order valence-corrected chi connectivity index (χ1v) is 24.1. The van der Waals surface area contributed by atoms with Gasteiger partial charge < -0.3 is 30.5 Å². The topological polar surface area (TPSA) is 164 Å². The third-order valence-electron chi connectivity index (χ3n) is 14.3. The van der Waals surface area contributed by atoms with Crippen LogP contribution in [0.5, 0.6) is 0 Å². The van der Waals surface area contributed by atoms with Gasteiger partial charge in [-0.25, -0.2) is 4.39 Å². The number of carbonyl (C=O) groups is 5. The maximum atomic E-state index is 15.9. The van der Waals surface area contributed by atoms with Gasteiger partial charge in [0.2, 0.25) is 12.3 Å². The zero-order chi connectivity index (χ0) is 46.4. The van der Waals surface area contributed by atoms with Gasteiger partial charge in [-0.05, 0) is 146 Å². The highest BCUT2D eigenvalue weighted by atomic mass is 32.2. The lowest BCUT2D eigenvalue weighted by Crippen LogP contribution is -2.48. The normalized spacial score (nSPS) is 25.5. The number of nitrogens with two attached hydrogens (primary N) is 1. The van der Waals surface area contributed by atoms with Crippen LogP contribution in [0.4, 0.5) is 10.1 Å². The number of amides is 3. The standard InChI is InChI=1S/C47H67FN8O5S.CH5N/c1-33-9-6-11-41(33)52(5)44(35(30-49-3)10-7-25-57)51-36-14-22-55(23-15-36)62-38-16-20-53(21-17-38)37-13-18-47(29-37)19-24-54(31-47)43-27-34(2)39(28-40(43)48)46(61)56(32-59)42(12-8-26-58)45(60)50-4;1-2/h7,10,25-28,30,32-33,36-38,41-42H,3,6,8-9,11-24,29,31H2,1-2,4-5H3,(H,50,60);2H2,1H3/b10-7-,35-30-,51-44?;. The molecule has 14 nitrogen and oxygen atoms in total. The average Bonchev–Trinajstić information content (AvgIpc) is 4.07. The number of piperidine rings is 2. The molecular weight excluding hydrogens is 834 g/mol. The number of amidine groups is 1. The molecule has 3 aliphatic heterocycles. The average molecular weight is 906 g/mol. The van der Waals surface area contributed by atoms with Crippen LogP contribution >= 0.6 is 11.9 Å². The van der Waals surface area contributed by atoms with Crippen LogP contribution < -0.4 is 16.0 Å². The Bertz CT molecular complexity index is 1880. The number of benzene rings is 1. The van der Waals surface area contributed by atoms with Crippen molar-refractivity contribution in [3.05, 3.63) is 53.0 Å². The zero-order valence-corrected chi connectivity index (χ0v) is 39.6. The predicted molar refractivity (Wildman–Crippen MR) is 255 cm³/mol. The number of carbonyl (C=O) groups excluding carboxylic acids is 5. The minimum Gasteiger partial charge on any atom is -0.369 e. The molecule has 2 saturated carbocycles. The molecule has 3 amide bonds. The number of nitrogens with one attached hydrogen (secondary N) is 1. The van der Waals surface area contributed by atoms with Crippen molar-refractivity contribution >= 4 is 61.0 Å². The van der Waals surface area contributed by atoms with Crippen molar-refractivity contribution in [1.29, 1.82) is 0 Å². The van der Waals surface area contributed by atoms with Crippen LogP contribution in [-0.2, 0) is 19.2 Å². The van der Waals surface area contributed by atoms with Crippen LogP contribution in [-0.4, -0.2) is 152 Å². The van der Waals surface area contributed by atoms with Crippen molar-refractivity contribution in [1.82, 2.24) is 24.3 Å². The van der Waals surface area contributed by atoms with E-state index in [1.807, 2.05) is 11.9 Å².